The third-order valence-electron chi connectivity index (χ3n) is 5.77. The van der Waals surface area contributed by atoms with Crippen LogP contribution in [0.5, 0.6) is 5.75 Å². The lowest BCUT2D eigenvalue weighted by Gasteiger charge is -2.31. The molecule has 0 saturated heterocycles. The van der Waals surface area contributed by atoms with E-state index in [9.17, 15) is 18.0 Å². The molecule has 3 aromatic rings. The second kappa shape index (κ2) is 10.2. The molecule has 3 aromatic carbocycles. The Morgan fingerprint density at radius 1 is 0.971 bits per heavy atom. The van der Waals surface area contributed by atoms with Gasteiger partial charge in [0, 0.05) is 12.2 Å². The number of aryl methyl sites for hydroxylation is 1. The Hall–Kier alpha value is -3.85. The van der Waals surface area contributed by atoms with Crippen molar-refractivity contribution in [3.05, 3.63) is 83.9 Å². The molecule has 0 saturated carbocycles. The first-order valence-electron chi connectivity index (χ1n) is 11.2. The van der Waals surface area contributed by atoms with E-state index < -0.39 is 22.1 Å². The summed E-state index contributed by atoms with van der Waals surface area (Å²) >= 11 is 0. The van der Waals surface area contributed by atoms with Crippen molar-refractivity contribution < 1.29 is 27.5 Å². The first kappa shape index (κ1) is 24.3. The van der Waals surface area contributed by atoms with Crippen molar-refractivity contribution in [1.82, 2.24) is 0 Å². The van der Waals surface area contributed by atoms with Crippen LogP contribution in [0.25, 0.3) is 0 Å². The number of ether oxygens (including phenoxy) is 2. The molecule has 0 spiro atoms. The van der Waals surface area contributed by atoms with Gasteiger partial charge in [-0.1, -0.05) is 30.3 Å². The molecule has 0 aromatic heterocycles. The number of carbonyl (C=O) groups is 2. The van der Waals surface area contributed by atoms with Crippen LogP contribution in [0.3, 0.4) is 0 Å². The molecule has 1 amide bonds. The molecule has 4 rings (SSSR count). The van der Waals surface area contributed by atoms with Gasteiger partial charge in [0.25, 0.3) is 15.9 Å². The number of hydrogen-bond acceptors (Lipinski definition) is 6. The van der Waals surface area contributed by atoms with E-state index in [1.54, 1.807) is 17.0 Å². The number of fused-ring (bicyclic) bond motifs is 1. The number of esters is 1. The van der Waals surface area contributed by atoms with Gasteiger partial charge in [0.05, 0.1) is 23.3 Å². The topological polar surface area (TPSA) is 102 Å². The van der Waals surface area contributed by atoms with Gasteiger partial charge in [-0.15, -0.1) is 0 Å². The molecule has 0 radical (unpaired) electrons. The number of carbonyl (C=O) groups excluding carboxylic acids is 2. The molecule has 1 atom stereocenters. The van der Waals surface area contributed by atoms with Crippen LogP contribution in [-0.4, -0.2) is 40.1 Å². The fourth-order valence-electron chi connectivity index (χ4n) is 3.97. The summed E-state index contributed by atoms with van der Waals surface area (Å²) < 4.78 is 38.7. The maximum Gasteiger partial charge on any atom is 0.341 e. The third-order valence-corrected chi connectivity index (χ3v) is 7.15. The summed E-state index contributed by atoms with van der Waals surface area (Å²) in [7, 11) is -2.49. The summed E-state index contributed by atoms with van der Waals surface area (Å²) in [5.41, 5.74) is 1.95. The van der Waals surface area contributed by atoms with Crippen LogP contribution in [0.2, 0.25) is 0 Å². The number of methoxy groups -OCH3 is 1. The number of hydrogen-bond donors (Lipinski definition) is 1. The summed E-state index contributed by atoms with van der Waals surface area (Å²) in [5, 5.41) is 0. The molecule has 1 heterocycles. The lowest BCUT2D eigenvalue weighted by Crippen LogP contribution is -2.42. The summed E-state index contributed by atoms with van der Waals surface area (Å²) in [6.45, 7) is 2.05. The van der Waals surface area contributed by atoms with Gasteiger partial charge in [-0.25, -0.2) is 13.2 Å². The summed E-state index contributed by atoms with van der Waals surface area (Å²) in [6, 6.07) is 19.6. The molecule has 0 fully saturated rings. The number of para-hydroxylation sites is 2. The highest BCUT2D eigenvalue weighted by atomic mass is 32.2. The van der Waals surface area contributed by atoms with Crippen LogP contribution < -0.4 is 14.4 Å². The highest BCUT2D eigenvalue weighted by Gasteiger charge is 2.29. The Morgan fingerprint density at radius 3 is 2.40 bits per heavy atom. The Morgan fingerprint density at radius 2 is 1.66 bits per heavy atom. The largest absolute Gasteiger partial charge is 0.497 e. The van der Waals surface area contributed by atoms with Crippen molar-refractivity contribution in [1.29, 1.82) is 0 Å². The minimum atomic E-state index is -3.98. The lowest BCUT2D eigenvalue weighted by atomic mass is 10.0. The van der Waals surface area contributed by atoms with E-state index in [0.29, 0.717) is 12.3 Å². The zero-order valence-corrected chi connectivity index (χ0v) is 20.2. The Labute approximate surface area is 204 Å². The predicted molar refractivity (Wildman–Crippen MR) is 132 cm³/mol. The van der Waals surface area contributed by atoms with E-state index in [2.05, 4.69) is 4.72 Å². The Bertz CT molecular complexity index is 1340. The SMILES string of the molecule is COc1ccc(S(=O)(=O)Nc2ccccc2C(=O)O[C@H](C)C(=O)N2CCCc3ccccc32)cc1. The lowest BCUT2D eigenvalue weighted by molar-refractivity contribution is -0.126. The maximum atomic E-state index is 13.1. The molecule has 0 bridgehead atoms. The first-order chi connectivity index (χ1) is 16.8. The summed E-state index contributed by atoms with van der Waals surface area (Å²) in [5.74, 6) is -0.617. The van der Waals surface area contributed by atoms with Crippen molar-refractivity contribution in [2.75, 3.05) is 23.3 Å². The Balaban J connectivity index is 1.50. The van der Waals surface area contributed by atoms with Crippen LogP contribution in [0.1, 0.15) is 29.3 Å². The molecule has 35 heavy (non-hydrogen) atoms. The Kier molecular flexibility index (Phi) is 7.07. The zero-order chi connectivity index (χ0) is 25.0. The highest BCUT2D eigenvalue weighted by Crippen LogP contribution is 2.28. The number of anilines is 2. The summed E-state index contributed by atoms with van der Waals surface area (Å²) in [6.07, 6.45) is 0.648. The minimum Gasteiger partial charge on any atom is -0.497 e. The normalized spacial score (nSPS) is 13.9. The minimum absolute atomic E-state index is 0.00304. The van der Waals surface area contributed by atoms with Crippen LogP contribution in [0, 0.1) is 0 Å². The number of sulfonamides is 1. The van der Waals surface area contributed by atoms with E-state index in [1.165, 1.54) is 50.4 Å². The average molecular weight is 495 g/mol. The highest BCUT2D eigenvalue weighted by molar-refractivity contribution is 7.92. The molecule has 0 aliphatic carbocycles. The quantitative estimate of drug-likeness (QED) is 0.498. The van der Waals surface area contributed by atoms with Gasteiger partial charge in [-0.3, -0.25) is 9.52 Å². The molecule has 1 aliphatic heterocycles. The predicted octanol–water partition coefficient (Wildman–Crippen LogP) is 4.02. The molecule has 0 unspecified atom stereocenters. The van der Waals surface area contributed by atoms with Crippen molar-refractivity contribution in [2.24, 2.45) is 0 Å². The smallest absolute Gasteiger partial charge is 0.341 e. The number of nitrogens with one attached hydrogen (secondary N) is 1. The molecule has 1 N–H and O–H groups in total. The van der Waals surface area contributed by atoms with E-state index in [-0.39, 0.29) is 22.1 Å². The maximum absolute atomic E-state index is 13.1. The van der Waals surface area contributed by atoms with Crippen molar-refractivity contribution in [3.8, 4) is 5.75 Å². The van der Waals surface area contributed by atoms with Crippen LogP contribution in [-0.2, 0) is 26.0 Å². The standard InChI is InChI=1S/C26H26N2O6S/c1-18(25(29)28-17-7-9-19-8-3-6-12-24(19)28)34-26(30)22-10-4-5-11-23(22)27-35(31,32)21-15-13-20(33-2)14-16-21/h3-6,8,10-16,18,27H,7,9,17H2,1-2H3/t18-/m1/s1. The van der Waals surface area contributed by atoms with Gasteiger partial charge in [0.15, 0.2) is 6.10 Å². The van der Waals surface area contributed by atoms with E-state index >= 15 is 0 Å². The van der Waals surface area contributed by atoms with E-state index in [0.717, 1.165) is 24.1 Å². The molecule has 8 nitrogen and oxygen atoms in total. The van der Waals surface area contributed by atoms with E-state index in [4.69, 9.17) is 9.47 Å². The fraction of sp³-hybridized carbons (Fsp3) is 0.231. The van der Waals surface area contributed by atoms with Gasteiger partial charge in [0.1, 0.15) is 5.75 Å². The van der Waals surface area contributed by atoms with Crippen LogP contribution in [0.15, 0.2) is 77.7 Å². The van der Waals surface area contributed by atoms with Crippen molar-refractivity contribution >= 4 is 33.3 Å². The number of nitrogens with zero attached hydrogens (tertiary/aromatic N) is 1. The number of amides is 1. The molecular formula is C26H26N2O6S. The monoisotopic (exact) mass is 494 g/mol. The van der Waals surface area contributed by atoms with Gasteiger partial charge in [-0.05, 0) is 67.8 Å². The molecular weight excluding hydrogens is 468 g/mol. The first-order valence-corrected chi connectivity index (χ1v) is 12.6. The van der Waals surface area contributed by atoms with Gasteiger partial charge >= 0.3 is 5.97 Å². The van der Waals surface area contributed by atoms with Crippen LogP contribution >= 0.6 is 0 Å². The van der Waals surface area contributed by atoms with Crippen molar-refractivity contribution in [2.45, 2.75) is 30.8 Å². The summed E-state index contributed by atoms with van der Waals surface area (Å²) in [4.78, 5) is 27.7. The zero-order valence-electron chi connectivity index (χ0n) is 19.4. The second-order valence-electron chi connectivity index (χ2n) is 8.10. The third kappa shape index (κ3) is 5.30. The van der Waals surface area contributed by atoms with Gasteiger partial charge in [0.2, 0.25) is 0 Å². The number of rotatable bonds is 7. The van der Waals surface area contributed by atoms with E-state index in [1.807, 2.05) is 24.3 Å². The van der Waals surface area contributed by atoms with Crippen molar-refractivity contribution in [3.63, 3.8) is 0 Å². The average Bonchev–Trinajstić information content (AvgIpc) is 2.88. The second-order valence-corrected chi connectivity index (χ2v) is 9.78. The molecule has 1 aliphatic rings. The molecule has 182 valence electrons. The number of benzene rings is 3. The van der Waals surface area contributed by atoms with Gasteiger partial charge in [-0.2, -0.15) is 0 Å². The van der Waals surface area contributed by atoms with Crippen LogP contribution in [0.4, 0.5) is 11.4 Å². The fourth-order valence-corrected chi connectivity index (χ4v) is 5.04. The van der Waals surface area contributed by atoms with Gasteiger partial charge < -0.3 is 14.4 Å². The molecule has 9 heteroatoms.